The second-order valence-electron chi connectivity index (χ2n) is 20.0. The van der Waals surface area contributed by atoms with Gasteiger partial charge in [-0.2, -0.15) is 5.10 Å². The van der Waals surface area contributed by atoms with Gasteiger partial charge in [-0.1, -0.05) is 12.1 Å². The second-order valence-corrected chi connectivity index (χ2v) is 20.9. The average molecular weight is 966 g/mol. The van der Waals surface area contributed by atoms with Gasteiger partial charge in [-0.15, -0.1) is 11.3 Å². The van der Waals surface area contributed by atoms with Gasteiger partial charge in [-0.25, -0.2) is 19.2 Å². The third-order valence-corrected chi connectivity index (χ3v) is 16.0. The van der Waals surface area contributed by atoms with E-state index in [2.05, 4.69) is 41.6 Å². The van der Waals surface area contributed by atoms with Gasteiger partial charge >= 0.3 is 6.03 Å². The van der Waals surface area contributed by atoms with Gasteiger partial charge in [0.25, 0.3) is 11.8 Å². The first-order valence-corrected chi connectivity index (χ1v) is 24.8. The SMILES string of the molecule is Cn1nc(N2CCC(=O)NC2=O)c2ccc(N3CCCC(N)(CC(=O)N4CC5(C4)CN(c4ccc(-c6cc(F)c7c(c6)C(=O)N(C(C(=O)Nc6nccs6)c6ncn8c6CCC8)C7)cc4)C5)CC3)cc21. The number of aromatic nitrogens is 5. The summed E-state index contributed by atoms with van der Waals surface area (Å²) in [6.07, 6.45) is 7.75. The molecule has 3 aromatic carbocycles. The summed E-state index contributed by atoms with van der Waals surface area (Å²) < 4.78 is 19.8. The molecule has 6 aliphatic rings. The van der Waals surface area contributed by atoms with Gasteiger partial charge in [-0.3, -0.25) is 39.4 Å². The first-order valence-electron chi connectivity index (χ1n) is 23.9. The Balaban J connectivity index is 0.652. The molecule has 4 saturated heterocycles. The second kappa shape index (κ2) is 16.8. The zero-order valence-corrected chi connectivity index (χ0v) is 39.5. The lowest BCUT2D eigenvalue weighted by Gasteiger charge is -2.61. The van der Waals surface area contributed by atoms with Crippen molar-refractivity contribution in [3.8, 4) is 11.1 Å². The number of nitrogens with two attached hydrogens (primary N) is 1. The fraction of sp³-hybridized carbons (Fsp3) is 0.400. The molecule has 0 bridgehead atoms. The number of amides is 6. The molecule has 0 saturated carbocycles. The third-order valence-electron chi connectivity index (χ3n) is 15.3. The lowest BCUT2D eigenvalue weighted by Crippen LogP contribution is -2.73. The molecular formula is C50H52FN13O5S. The van der Waals surface area contributed by atoms with Gasteiger partial charge < -0.3 is 29.9 Å². The Morgan fingerprint density at radius 1 is 0.900 bits per heavy atom. The topological polar surface area (TPSA) is 200 Å². The van der Waals surface area contributed by atoms with Crippen molar-refractivity contribution in [3.63, 3.8) is 0 Å². The van der Waals surface area contributed by atoms with Crippen molar-refractivity contribution in [2.45, 2.75) is 69.6 Å². The van der Waals surface area contributed by atoms with Crippen molar-refractivity contribution in [3.05, 3.63) is 101 Å². The number of nitrogens with one attached hydrogen (secondary N) is 2. The summed E-state index contributed by atoms with van der Waals surface area (Å²) in [6.45, 7) is 5.55. The summed E-state index contributed by atoms with van der Waals surface area (Å²) in [7, 11) is 1.85. The van der Waals surface area contributed by atoms with Crippen LogP contribution in [0.25, 0.3) is 22.0 Å². The Hall–Kier alpha value is -7.19. The van der Waals surface area contributed by atoms with E-state index in [4.69, 9.17) is 5.73 Å². The normalized spacial score (nSPS) is 21.1. The Morgan fingerprint density at radius 2 is 1.71 bits per heavy atom. The van der Waals surface area contributed by atoms with Crippen LogP contribution in [0.3, 0.4) is 0 Å². The van der Waals surface area contributed by atoms with Crippen LogP contribution in [0, 0.1) is 11.2 Å². The highest BCUT2D eigenvalue weighted by Crippen LogP contribution is 2.44. The molecule has 20 heteroatoms. The Labute approximate surface area is 406 Å². The number of imide groups is 1. The van der Waals surface area contributed by atoms with E-state index in [-0.39, 0.29) is 47.9 Å². The molecule has 3 aromatic heterocycles. The zero-order chi connectivity index (χ0) is 48.1. The Kier molecular flexibility index (Phi) is 10.5. The van der Waals surface area contributed by atoms with Crippen molar-refractivity contribution in [1.82, 2.24) is 39.4 Å². The van der Waals surface area contributed by atoms with E-state index in [1.54, 1.807) is 28.7 Å². The first-order chi connectivity index (χ1) is 33.8. The van der Waals surface area contributed by atoms with Crippen molar-refractivity contribution >= 4 is 74.2 Å². The van der Waals surface area contributed by atoms with Crippen LogP contribution in [-0.4, -0.2) is 115 Å². The molecule has 4 fully saturated rings. The molecule has 18 nitrogen and oxygen atoms in total. The third kappa shape index (κ3) is 7.63. The minimum Gasteiger partial charge on any atom is -0.371 e. The van der Waals surface area contributed by atoms with Gasteiger partial charge in [0.05, 0.1) is 24.1 Å². The number of carbonyl (C=O) groups is 5. The summed E-state index contributed by atoms with van der Waals surface area (Å²) in [5.74, 6) is -1.03. The maximum absolute atomic E-state index is 16.0. The number of nitrogens with zero attached hydrogens (tertiary/aromatic N) is 10. The number of carbonyl (C=O) groups excluding carboxylic acids is 5. The van der Waals surface area contributed by atoms with E-state index in [0.717, 1.165) is 85.4 Å². The molecule has 360 valence electrons. The van der Waals surface area contributed by atoms with E-state index in [1.165, 1.54) is 27.2 Å². The minimum absolute atomic E-state index is 0.0386. The molecule has 2 atom stereocenters. The van der Waals surface area contributed by atoms with Crippen LogP contribution in [0.1, 0.15) is 71.9 Å². The molecule has 6 amide bonds. The maximum Gasteiger partial charge on any atom is 0.329 e. The van der Waals surface area contributed by atoms with Crippen LogP contribution in [-0.2, 0) is 40.9 Å². The molecule has 6 aromatic rings. The standard InChI is InChI=1S/C50H52FN13O5S/c1-58-39-22-33(9-10-34(39)44(57-58)63-17-11-40(65)55-48(63)69)59-16-3-12-50(52,13-18-59)23-41(66)62-27-49(28-62)25-61(26-49)32-7-5-30(6-8-32)31-20-35-36(37(51)21-31)24-64(46(35)68)43(45(67)56-47-53-14-19-70-47)42-38-4-2-15-60(38)29-54-42/h5-10,14,19-22,29,43H,2-4,11-13,15-18,23-28,52H2,1H3,(H,53,56,67)(H,55,65,69). The Morgan fingerprint density at radius 3 is 2.50 bits per heavy atom. The molecule has 6 aliphatic heterocycles. The van der Waals surface area contributed by atoms with Gasteiger partial charge in [-0.05, 0) is 85.7 Å². The van der Waals surface area contributed by atoms with Crippen LogP contribution in [0.15, 0.2) is 72.5 Å². The highest BCUT2D eigenvalue weighted by molar-refractivity contribution is 7.13. The zero-order valence-electron chi connectivity index (χ0n) is 38.7. The molecule has 9 heterocycles. The number of likely N-dealkylation sites (tertiary alicyclic amines) is 1. The van der Waals surface area contributed by atoms with Crippen LogP contribution >= 0.6 is 11.3 Å². The smallest absolute Gasteiger partial charge is 0.329 e. The molecule has 2 unspecified atom stereocenters. The van der Waals surface area contributed by atoms with Crippen LogP contribution in [0.5, 0.6) is 0 Å². The molecule has 70 heavy (non-hydrogen) atoms. The van der Waals surface area contributed by atoms with E-state index in [1.807, 2.05) is 52.9 Å². The number of hydrogen-bond donors (Lipinski definition) is 3. The molecule has 4 N–H and O–H groups in total. The Bertz CT molecular complexity index is 3120. The fourth-order valence-corrected chi connectivity index (χ4v) is 12.1. The van der Waals surface area contributed by atoms with Crippen LogP contribution in [0.2, 0.25) is 0 Å². The minimum atomic E-state index is -1.06. The lowest BCUT2D eigenvalue weighted by atomic mass is 9.72. The number of rotatable bonds is 10. The summed E-state index contributed by atoms with van der Waals surface area (Å²) in [6, 6.07) is 15.7. The highest BCUT2D eigenvalue weighted by Gasteiger charge is 2.54. The number of hydrogen-bond acceptors (Lipinski definition) is 12. The fourth-order valence-electron chi connectivity index (χ4n) is 11.6. The van der Waals surface area contributed by atoms with Crippen molar-refractivity contribution in [1.29, 1.82) is 0 Å². The molecular weight excluding hydrogens is 914 g/mol. The van der Waals surface area contributed by atoms with Crippen molar-refractivity contribution in [2.24, 2.45) is 18.2 Å². The molecule has 0 aliphatic carbocycles. The van der Waals surface area contributed by atoms with Gasteiger partial charge in [0.1, 0.15) is 5.82 Å². The highest BCUT2D eigenvalue weighted by atomic mass is 32.1. The van der Waals surface area contributed by atoms with E-state index >= 15 is 4.39 Å². The van der Waals surface area contributed by atoms with Crippen LogP contribution in [0.4, 0.5) is 31.5 Å². The lowest BCUT2D eigenvalue weighted by molar-refractivity contribution is -0.146. The number of aryl methyl sites for hydroxylation is 2. The number of anilines is 4. The van der Waals surface area contributed by atoms with E-state index < -0.39 is 35.2 Å². The van der Waals surface area contributed by atoms with Crippen molar-refractivity contribution in [2.75, 3.05) is 65.8 Å². The number of thiazole rings is 1. The molecule has 12 rings (SSSR count). The number of halogens is 1. The summed E-state index contributed by atoms with van der Waals surface area (Å²) >= 11 is 1.28. The number of fused-ring (bicyclic) bond motifs is 3. The number of benzene rings is 3. The molecule has 1 spiro atoms. The monoisotopic (exact) mass is 965 g/mol. The van der Waals surface area contributed by atoms with Gasteiger partial charge in [0.15, 0.2) is 17.0 Å². The van der Waals surface area contributed by atoms with E-state index in [0.29, 0.717) is 54.7 Å². The van der Waals surface area contributed by atoms with Crippen molar-refractivity contribution < 1.29 is 28.4 Å². The summed E-state index contributed by atoms with van der Waals surface area (Å²) in [4.78, 5) is 84.4. The maximum atomic E-state index is 16.0. The average Bonchev–Trinajstić information content (AvgIpc) is 4.16. The predicted octanol–water partition coefficient (Wildman–Crippen LogP) is 5.19. The number of urea groups is 1. The van der Waals surface area contributed by atoms with E-state index in [9.17, 15) is 24.0 Å². The predicted molar refractivity (Wildman–Crippen MR) is 261 cm³/mol. The first kappa shape index (κ1) is 44.0. The van der Waals surface area contributed by atoms with Gasteiger partial charge in [0, 0.05) is 128 Å². The largest absolute Gasteiger partial charge is 0.371 e. The quantitative estimate of drug-likeness (QED) is 0.163. The van der Waals surface area contributed by atoms with Gasteiger partial charge in [0.2, 0.25) is 11.8 Å². The number of imidazole rings is 1. The summed E-state index contributed by atoms with van der Waals surface area (Å²) in [5.41, 5.74) is 12.6. The molecule has 0 radical (unpaired) electrons. The summed E-state index contributed by atoms with van der Waals surface area (Å²) in [5, 5.41) is 12.9. The van der Waals surface area contributed by atoms with Crippen LogP contribution < -0.4 is 31.1 Å².